The molecule has 0 aliphatic carbocycles. The molecule has 112 valence electrons. The van der Waals surface area contributed by atoms with Crippen molar-refractivity contribution in [3.63, 3.8) is 0 Å². The van der Waals surface area contributed by atoms with Crippen LogP contribution in [0.15, 0.2) is 54.6 Å². The third-order valence-corrected chi connectivity index (χ3v) is 3.20. The second kappa shape index (κ2) is 8.11. The van der Waals surface area contributed by atoms with Crippen LogP contribution in [0.1, 0.15) is 12.5 Å². The zero-order chi connectivity index (χ0) is 15.8. The lowest BCUT2D eigenvalue weighted by molar-refractivity contribution is -0.126. The summed E-state index contributed by atoms with van der Waals surface area (Å²) in [5, 5.41) is 3.31. The van der Waals surface area contributed by atoms with Crippen LogP contribution in [0.3, 0.4) is 0 Å². The van der Waals surface area contributed by atoms with E-state index < -0.39 is 6.10 Å². The van der Waals surface area contributed by atoms with Gasteiger partial charge in [-0.15, -0.1) is 0 Å². The van der Waals surface area contributed by atoms with Gasteiger partial charge in [-0.1, -0.05) is 53.8 Å². The number of hydrogen-bond donors (Lipinski definition) is 1. The Bertz CT molecular complexity index is 689. The smallest absolute Gasteiger partial charge is 0.261 e. The van der Waals surface area contributed by atoms with Crippen molar-refractivity contribution in [2.45, 2.75) is 13.0 Å². The van der Waals surface area contributed by atoms with Crippen LogP contribution in [-0.2, 0) is 4.79 Å². The Morgan fingerprint density at radius 3 is 2.59 bits per heavy atom. The van der Waals surface area contributed by atoms with E-state index in [1.807, 2.05) is 36.4 Å². The standard InChI is InChI=1S/C18H16ClNO2/c1-14(22-16-10-3-2-4-11-16)18(21)20-13-7-9-15-8-5-6-12-17(15)19/h2-6,8,10-12,14H,13H2,1H3,(H,20,21). The molecule has 0 saturated carbocycles. The molecule has 0 heterocycles. The molecule has 1 amide bonds. The first-order valence-electron chi connectivity index (χ1n) is 6.89. The van der Waals surface area contributed by atoms with Gasteiger partial charge < -0.3 is 10.1 Å². The Labute approximate surface area is 135 Å². The van der Waals surface area contributed by atoms with E-state index in [0.717, 1.165) is 5.56 Å². The van der Waals surface area contributed by atoms with Crippen LogP contribution in [0.25, 0.3) is 0 Å². The van der Waals surface area contributed by atoms with Gasteiger partial charge in [0.05, 0.1) is 11.6 Å². The second-order valence-corrected chi connectivity index (χ2v) is 4.98. The molecule has 2 aromatic rings. The summed E-state index contributed by atoms with van der Waals surface area (Å²) in [7, 11) is 0. The van der Waals surface area contributed by atoms with Crippen molar-refractivity contribution >= 4 is 17.5 Å². The van der Waals surface area contributed by atoms with Gasteiger partial charge in [-0.2, -0.15) is 0 Å². The van der Waals surface area contributed by atoms with Crippen molar-refractivity contribution in [1.29, 1.82) is 0 Å². The monoisotopic (exact) mass is 313 g/mol. The predicted molar refractivity (Wildman–Crippen MR) is 87.9 cm³/mol. The largest absolute Gasteiger partial charge is 0.481 e. The molecular formula is C18H16ClNO2. The Balaban J connectivity index is 1.82. The number of para-hydroxylation sites is 1. The molecule has 0 aliphatic rings. The average molecular weight is 314 g/mol. The van der Waals surface area contributed by atoms with Gasteiger partial charge in [0.25, 0.3) is 5.91 Å². The molecule has 1 N–H and O–H groups in total. The average Bonchev–Trinajstić information content (AvgIpc) is 2.53. The van der Waals surface area contributed by atoms with Gasteiger partial charge in [0.2, 0.25) is 0 Å². The number of nitrogens with one attached hydrogen (secondary N) is 1. The minimum Gasteiger partial charge on any atom is -0.481 e. The van der Waals surface area contributed by atoms with Crippen molar-refractivity contribution in [2.75, 3.05) is 6.54 Å². The maximum atomic E-state index is 11.9. The molecule has 2 rings (SSSR count). The van der Waals surface area contributed by atoms with E-state index >= 15 is 0 Å². The zero-order valence-electron chi connectivity index (χ0n) is 12.2. The van der Waals surface area contributed by atoms with Crippen molar-refractivity contribution in [2.24, 2.45) is 0 Å². The topological polar surface area (TPSA) is 38.3 Å². The van der Waals surface area contributed by atoms with Crippen LogP contribution in [0.2, 0.25) is 5.02 Å². The molecular weight excluding hydrogens is 298 g/mol. The SMILES string of the molecule is CC(Oc1ccccc1)C(=O)NCC#Cc1ccccc1Cl. The van der Waals surface area contributed by atoms with E-state index in [2.05, 4.69) is 17.2 Å². The fraction of sp³-hybridized carbons (Fsp3) is 0.167. The Morgan fingerprint density at radius 1 is 1.18 bits per heavy atom. The molecule has 1 unspecified atom stereocenters. The van der Waals surface area contributed by atoms with E-state index in [1.165, 1.54) is 0 Å². The lowest BCUT2D eigenvalue weighted by Gasteiger charge is -2.13. The highest BCUT2D eigenvalue weighted by Crippen LogP contribution is 2.13. The van der Waals surface area contributed by atoms with Crippen molar-refractivity contribution in [1.82, 2.24) is 5.32 Å². The first-order chi connectivity index (χ1) is 10.7. The molecule has 0 spiro atoms. The number of carbonyl (C=O) groups is 1. The summed E-state index contributed by atoms with van der Waals surface area (Å²) < 4.78 is 5.53. The summed E-state index contributed by atoms with van der Waals surface area (Å²) in [6, 6.07) is 16.5. The van der Waals surface area contributed by atoms with Gasteiger partial charge in [-0.3, -0.25) is 4.79 Å². The normalized spacial score (nSPS) is 11.0. The van der Waals surface area contributed by atoms with Crippen LogP contribution >= 0.6 is 11.6 Å². The van der Waals surface area contributed by atoms with Gasteiger partial charge in [-0.05, 0) is 31.2 Å². The summed E-state index contributed by atoms with van der Waals surface area (Å²) in [5.74, 6) is 6.24. The first kappa shape index (κ1) is 15.9. The first-order valence-corrected chi connectivity index (χ1v) is 7.27. The summed E-state index contributed by atoms with van der Waals surface area (Å²) in [6.45, 7) is 1.94. The van der Waals surface area contributed by atoms with Crippen LogP contribution in [-0.4, -0.2) is 18.6 Å². The lowest BCUT2D eigenvalue weighted by atomic mass is 10.2. The highest BCUT2D eigenvalue weighted by molar-refractivity contribution is 6.31. The molecule has 1 atom stereocenters. The number of amides is 1. The number of carbonyl (C=O) groups excluding carboxylic acids is 1. The molecule has 0 aromatic heterocycles. The summed E-state index contributed by atoms with van der Waals surface area (Å²) in [6.07, 6.45) is -0.579. The second-order valence-electron chi connectivity index (χ2n) is 4.57. The summed E-state index contributed by atoms with van der Waals surface area (Å²) >= 11 is 6.00. The molecule has 0 fully saturated rings. The zero-order valence-corrected chi connectivity index (χ0v) is 12.9. The lowest BCUT2D eigenvalue weighted by Crippen LogP contribution is -2.36. The van der Waals surface area contributed by atoms with Crippen LogP contribution < -0.4 is 10.1 Å². The molecule has 0 aliphatic heterocycles. The minimum atomic E-state index is -0.579. The van der Waals surface area contributed by atoms with Crippen molar-refractivity contribution in [3.8, 4) is 17.6 Å². The van der Waals surface area contributed by atoms with Crippen molar-refractivity contribution < 1.29 is 9.53 Å². The molecule has 4 heteroatoms. The fourth-order valence-electron chi connectivity index (χ4n) is 1.73. The van der Waals surface area contributed by atoms with E-state index in [4.69, 9.17) is 16.3 Å². The highest BCUT2D eigenvalue weighted by atomic mass is 35.5. The number of benzene rings is 2. The number of hydrogen-bond acceptors (Lipinski definition) is 2. The third kappa shape index (κ3) is 4.83. The molecule has 0 saturated heterocycles. The molecule has 0 radical (unpaired) electrons. The van der Waals surface area contributed by atoms with Gasteiger partial charge in [0.1, 0.15) is 5.75 Å². The van der Waals surface area contributed by atoms with Gasteiger partial charge >= 0.3 is 0 Å². The Hall–Kier alpha value is -2.44. The number of ether oxygens (including phenoxy) is 1. The maximum Gasteiger partial charge on any atom is 0.261 e. The predicted octanol–water partition coefficient (Wildman–Crippen LogP) is 3.28. The Morgan fingerprint density at radius 2 is 1.86 bits per heavy atom. The molecule has 22 heavy (non-hydrogen) atoms. The van der Waals surface area contributed by atoms with Crippen LogP contribution in [0.4, 0.5) is 0 Å². The summed E-state index contributed by atoms with van der Waals surface area (Å²) in [4.78, 5) is 11.9. The maximum absolute atomic E-state index is 11.9. The van der Waals surface area contributed by atoms with Gasteiger partial charge in [0.15, 0.2) is 6.10 Å². The minimum absolute atomic E-state index is 0.211. The third-order valence-electron chi connectivity index (χ3n) is 2.87. The summed E-state index contributed by atoms with van der Waals surface area (Å²) in [5.41, 5.74) is 0.743. The van der Waals surface area contributed by atoms with Crippen LogP contribution in [0, 0.1) is 11.8 Å². The van der Waals surface area contributed by atoms with Gasteiger partial charge in [0, 0.05) is 5.56 Å². The molecule has 2 aromatic carbocycles. The Kier molecular flexibility index (Phi) is 5.88. The van der Waals surface area contributed by atoms with E-state index in [-0.39, 0.29) is 12.5 Å². The fourth-order valence-corrected chi connectivity index (χ4v) is 1.92. The number of halogens is 1. The quantitative estimate of drug-likeness (QED) is 0.880. The number of rotatable bonds is 4. The van der Waals surface area contributed by atoms with E-state index in [1.54, 1.807) is 25.1 Å². The highest BCUT2D eigenvalue weighted by Gasteiger charge is 2.13. The van der Waals surface area contributed by atoms with E-state index in [0.29, 0.717) is 10.8 Å². The van der Waals surface area contributed by atoms with Crippen molar-refractivity contribution in [3.05, 3.63) is 65.2 Å². The van der Waals surface area contributed by atoms with E-state index in [9.17, 15) is 4.79 Å². The van der Waals surface area contributed by atoms with Gasteiger partial charge in [-0.25, -0.2) is 0 Å². The van der Waals surface area contributed by atoms with Crippen LogP contribution in [0.5, 0.6) is 5.75 Å². The molecule has 3 nitrogen and oxygen atoms in total. The molecule has 0 bridgehead atoms.